The molecule has 0 aliphatic heterocycles. The minimum absolute atomic E-state index is 0.118. The van der Waals surface area contributed by atoms with Crippen LogP contribution in [0.4, 0.5) is 0 Å². The van der Waals surface area contributed by atoms with Crippen molar-refractivity contribution in [2.45, 2.75) is 0 Å². The van der Waals surface area contributed by atoms with Crippen molar-refractivity contribution in [1.82, 2.24) is 4.98 Å². The molecule has 0 atom stereocenters. The molecule has 0 N–H and O–H groups in total. The Morgan fingerprint density at radius 2 is 2.29 bits per heavy atom. The second-order valence-electron chi connectivity index (χ2n) is 2.26. The molecule has 0 bridgehead atoms. The number of aromatic nitrogens is 1. The second kappa shape index (κ2) is 5.21. The van der Waals surface area contributed by atoms with E-state index >= 15 is 0 Å². The molecule has 0 radical (unpaired) electrons. The fourth-order valence-corrected chi connectivity index (χ4v) is 0.778. The number of hydrogen-bond acceptors (Lipinski definition) is 3. The van der Waals surface area contributed by atoms with Crippen LogP contribution < -0.4 is 0 Å². The van der Waals surface area contributed by atoms with E-state index in [9.17, 15) is 0 Å². The molecular formula is C9H5N5. The monoisotopic (exact) mass is 183 g/mol. The molecule has 0 spiro atoms. The lowest BCUT2D eigenvalue weighted by atomic mass is 10.2. The van der Waals surface area contributed by atoms with Crippen molar-refractivity contribution in [2.24, 2.45) is 5.11 Å². The molecule has 0 amide bonds. The average molecular weight is 183 g/mol. The first-order chi connectivity index (χ1) is 6.86. The third-order valence-corrected chi connectivity index (χ3v) is 1.31. The predicted molar refractivity (Wildman–Crippen MR) is 49.8 cm³/mol. The highest BCUT2D eigenvalue weighted by molar-refractivity contribution is 5.38. The Bertz CT molecular complexity index is 468. The molecular weight excluding hydrogens is 178 g/mol. The Morgan fingerprint density at radius 1 is 1.50 bits per heavy atom. The minimum Gasteiger partial charge on any atom is -0.262 e. The summed E-state index contributed by atoms with van der Waals surface area (Å²) in [5.74, 6) is 5.36. The van der Waals surface area contributed by atoms with Gasteiger partial charge >= 0.3 is 0 Å². The lowest BCUT2D eigenvalue weighted by molar-refractivity contribution is 1.25. The van der Waals surface area contributed by atoms with Crippen LogP contribution >= 0.6 is 0 Å². The number of azide groups is 1. The molecule has 1 heterocycles. The highest BCUT2D eigenvalue weighted by Gasteiger charge is 1.90. The van der Waals surface area contributed by atoms with Gasteiger partial charge in [0.2, 0.25) is 0 Å². The Balaban J connectivity index is 2.80. The summed E-state index contributed by atoms with van der Waals surface area (Å²) in [7, 11) is 0. The van der Waals surface area contributed by atoms with Crippen molar-refractivity contribution in [2.75, 3.05) is 6.54 Å². The van der Waals surface area contributed by atoms with E-state index in [-0.39, 0.29) is 6.54 Å². The average Bonchev–Trinajstić information content (AvgIpc) is 2.25. The van der Waals surface area contributed by atoms with Gasteiger partial charge in [-0.2, -0.15) is 5.26 Å². The predicted octanol–water partition coefficient (Wildman–Crippen LogP) is 1.62. The van der Waals surface area contributed by atoms with Gasteiger partial charge in [0.15, 0.2) is 0 Å². The Hall–Kier alpha value is -2.49. The van der Waals surface area contributed by atoms with Crippen LogP contribution in [-0.2, 0) is 0 Å². The van der Waals surface area contributed by atoms with Gasteiger partial charge in [-0.1, -0.05) is 17.0 Å². The summed E-state index contributed by atoms with van der Waals surface area (Å²) < 4.78 is 0. The van der Waals surface area contributed by atoms with E-state index in [1.165, 1.54) is 6.20 Å². The normalized spacial score (nSPS) is 7.64. The summed E-state index contributed by atoms with van der Waals surface area (Å²) in [5, 5.41) is 11.8. The smallest absolute Gasteiger partial charge is 0.101 e. The molecule has 0 saturated carbocycles. The molecule has 0 saturated heterocycles. The maximum atomic E-state index is 8.57. The molecule has 0 aliphatic rings. The molecule has 0 unspecified atom stereocenters. The summed E-state index contributed by atoms with van der Waals surface area (Å²) in [4.78, 5) is 6.38. The Labute approximate surface area is 80.6 Å². The van der Waals surface area contributed by atoms with E-state index in [1.807, 2.05) is 6.07 Å². The van der Waals surface area contributed by atoms with Gasteiger partial charge in [-0.25, -0.2) is 0 Å². The SMILES string of the molecule is N#Cc1cncc(C#CCN=[N+]=[N-])c1. The van der Waals surface area contributed by atoms with E-state index in [4.69, 9.17) is 10.8 Å². The van der Waals surface area contributed by atoms with Crippen molar-refractivity contribution in [3.8, 4) is 17.9 Å². The van der Waals surface area contributed by atoms with Crippen LogP contribution in [-0.4, -0.2) is 11.5 Å². The first-order valence-electron chi connectivity index (χ1n) is 3.71. The summed E-state index contributed by atoms with van der Waals surface area (Å²) in [5.41, 5.74) is 9.08. The molecule has 0 fully saturated rings. The standard InChI is InChI=1S/C9H5N5/c10-5-9-4-8(6-12-7-9)2-1-3-13-14-11/h4,6-7H,3H2. The van der Waals surface area contributed by atoms with E-state index in [2.05, 4.69) is 26.9 Å². The maximum Gasteiger partial charge on any atom is 0.101 e. The minimum atomic E-state index is 0.118. The lowest BCUT2D eigenvalue weighted by Gasteiger charge is -1.88. The van der Waals surface area contributed by atoms with E-state index in [0.29, 0.717) is 11.1 Å². The van der Waals surface area contributed by atoms with Gasteiger partial charge in [-0.3, -0.25) is 4.98 Å². The topological polar surface area (TPSA) is 85.4 Å². The van der Waals surface area contributed by atoms with Crippen LogP contribution in [0.1, 0.15) is 11.1 Å². The van der Waals surface area contributed by atoms with Crippen LogP contribution in [0.25, 0.3) is 10.4 Å². The number of nitrogens with zero attached hydrogens (tertiary/aromatic N) is 5. The molecule has 1 rings (SSSR count). The van der Waals surface area contributed by atoms with Gasteiger partial charge in [0.1, 0.15) is 6.07 Å². The van der Waals surface area contributed by atoms with E-state index < -0.39 is 0 Å². The highest BCUT2D eigenvalue weighted by Crippen LogP contribution is 1.98. The van der Waals surface area contributed by atoms with Gasteiger partial charge in [0.25, 0.3) is 0 Å². The van der Waals surface area contributed by atoms with Crippen molar-refractivity contribution in [3.05, 3.63) is 40.0 Å². The fourth-order valence-electron chi connectivity index (χ4n) is 0.778. The summed E-state index contributed by atoms with van der Waals surface area (Å²) in [6.45, 7) is 0.118. The molecule has 5 nitrogen and oxygen atoms in total. The maximum absolute atomic E-state index is 8.57. The van der Waals surface area contributed by atoms with E-state index in [1.54, 1.807) is 12.3 Å². The molecule has 1 aromatic rings. The van der Waals surface area contributed by atoms with Crippen molar-refractivity contribution < 1.29 is 0 Å². The first-order valence-corrected chi connectivity index (χ1v) is 3.71. The zero-order valence-corrected chi connectivity index (χ0v) is 7.18. The Kier molecular flexibility index (Phi) is 3.57. The molecule has 14 heavy (non-hydrogen) atoms. The van der Waals surface area contributed by atoms with Crippen molar-refractivity contribution >= 4 is 0 Å². The summed E-state index contributed by atoms with van der Waals surface area (Å²) in [6.07, 6.45) is 3.00. The summed E-state index contributed by atoms with van der Waals surface area (Å²) in [6, 6.07) is 3.58. The number of hydrogen-bond donors (Lipinski definition) is 0. The second-order valence-corrected chi connectivity index (χ2v) is 2.26. The fraction of sp³-hybridized carbons (Fsp3) is 0.111. The van der Waals surface area contributed by atoms with E-state index in [0.717, 1.165) is 0 Å². The third-order valence-electron chi connectivity index (χ3n) is 1.31. The van der Waals surface area contributed by atoms with Gasteiger partial charge < -0.3 is 0 Å². The van der Waals surface area contributed by atoms with Crippen LogP contribution in [0.5, 0.6) is 0 Å². The van der Waals surface area contributed by atoms with Gasteiger partial charge in [0, 0.05) is 22.9 Å². The van der Waals surface area contributed by atoms with Crippen LogP contribution in [0.15, 0.2) is 23.6 Å². The van der Waals surface area contributed by atoms with Crippen molar-refractivity contribution in [3.63, 3.8) is 0 Å². The largest absolute Gasteiger partial charge is 0.262 e. The van der Waals surface area contributed by atoms with Crippen LogP contribution in [0.3, 0.4) is 0 Å². The lowest BCUT2D eigenvalue weighted by Crippen LogP contribution is -1.81. The highest BCUT2D eigenvalue weighted by atomic mass is 15.1. The molecule has 66 valence electrons. The molecule has 0 aliphatic carbocycles. The van der Waals surface area contributed by atoms with Gasteiger partial charge in [-0.05, 0) is 11.6 Å². The molecule has 0 aromatic carbocycles. The zero-order valence-electron chi connectivity index (χ0n) is 7.18. The van der Waals surface area contributed by atoms with Crippen molar-refractivity contribution in [1.29, 1.82) is 5.26 Å². The number of nitriles is 1. The van der Waals surface area contributed by atoms with Crippen LogP contribution in [0.2, 0.25) is 0 Å². The van der Waals surface area contributed by atoms with Gasteiger partial charge in [0.05, 0.1) is 12.1 Å². The molecule has 1 aromatic heterocycles. The molecule has 5 heteroatoms. The quantitative estimate of drug-likeness (QED) is 0.286. The summed E-state index contributed by atoms with van der Waals surface area (Å²) >= 11 is 0. The number of rotatable bonds is 1. The third kappa shape index (κ3) is 2.86. The van der Waals surface area contributed by atoms with Crippen LogP contribution in [0, 0.1) is 23.2 Å². The first kappa shape index (κ1) is 9.60. The van der Waals surface area contributed by atoms with Gasteiger partial charge in [-0.15, -0.1) is 0 Å². The number of pyridine rings is 1. The Morgan fingerprint density at radius 3 is 3.00 bits per heavy atom. The zero-order chi connectivity index (χ0) is 10.2.